The van der Waals surface area contributed by atoms with E-state index in [4.69, 9.17) is 4.74 Å². The predicted molar refractivity (Wildman–Crippen MR) is 95.8 cm³/mol. The normalized spacial score (nSPS) is 25.9. The van der Waals surface area contributed by atoms with Crippen molar-refractivity contribution in [2.24, 2.45) is 11.8 Å². The number of nitrogens with one attached hydrogen (secondary N) is 1. The van der Waals surface area contributed by atoms with Gasteiger partial charge in [-0.25, -0.2) is 0 Å². The van der Waals surface area contributed by atoms with Crippen molar-refractivity contribution >= 4 is 31.9 Å². The van der Waals surface area contributed by atoms with E-state index < -0.39 is 0 Å². The summed E-state index contributed by atoms with van der Waals surface area (Å²) in [4.78, 5) is 0. The molecule has 2 nitrogen and oxygen atoms in total. The third-order valence-corrected chi connectivity index (χ3v) is 5.24. The van der Waals surface area contributed by atoms with Crippen LogP contribution in [0.4, 0.5) is 0 Å². The van der Waals surface area contributed by atoms with Gasteiger partial charge in [0.1, 0.15) is 5.75 Å². The molecular weight excluding hydrogens is 394 g/mol. The van der Waals surface area contributed by atoms with Gasteiger partial charge in [-0.3, -0.25) is 0 Å². The second-order valence-corrected chi connectivity index (χ2v) is 8.03. The molecule has 0 aromatic heterocycles. The van der Waals surface area contributed by atoms with Crippen molar-refractivity contribution in [2.75, 3.05) is 6.54 Å². The monoisotopic (exact) mass is 417 g/mol. The number of hydrogen-bond donors (Lipinski definition) is 1. The zero-order valence-electron chi connectivity index (χ0n) is 13.1. The standard InChI is InChI=1S/C17H25Br2NO/c1-4-20-10-13-8-15(18)17(16(19)9-13)21-14-6-11(2)5-12(3)7-14/h8-9,11-12,14,20H,4-7,10H2,1-3H3. The molecule has 0 saturated heterocycles. The summed E-state index contributed by atoms with van der Waals surface area (Å²) in [6.45, 7) is 8.63. The van der Waals surface area contributed by atoms with E-state index >= 15 is 0 Å². The number of halogens is 2. The highest BCUT2D eigenvalue weighted by Crippen LogP contribution is 2.38. The summed E-state index contributed by atoms with van der Waals surface area (Å²) >= 11 is 7.33. The Bertz CT molecular complexity index is 445. The molecule has 1 aliphatic carbocycles. The van der Waals surface area contributed by atoms with Gasteiger partial charge in [0.05, 0.1) is 15.0 Å². The summed E-state index contributed by atoms with van der Waals surface area (Å²) in [5.41, 5.74) is 1.26. The van der Waals surface area contributed by atoms with Crippen LogP contribution in [0, 0.1) is 11.8 Å². The fraction of sp³-hybridized carbons (Fsp3) is 0.647. The molecule has 118 valence electrons. The molecule has 0 heterocycles. The Morgan fingerprint density at radius 3 is 2.19 bits per heavy atom. The van der Waals surface area contributed by atoms with Crippen LogP contribution >= 0.6 is 31.9 Å². The quantitative estimate of drug-likeness (QED) is 0.679. The van der Waals surface area contributed by atoms with Crippen molar-refractivity contribution in [3.8, 4) is 5.75 Å². The molecule has 1 fully saturated rings. The van der Waals surface area contributed by atoms with Gasteiger partial charge < -0.3 is 10.1 Å². The van der Waals surface area contributed by atoms with Gasteiger partial charge >= 0.3 is 0 Å². The van der Waals surface area contributed by atoms with Crippen molar-refractivity contribution in [3.63, 3.8) is 0 Å². The van der Waals surface area contributed by atoms with Crippen molar-refractivity contribution in [1.82, 2.24) is 5.32 Å². The molecule has 1 aromatic rings. The Labute approximate surface area is 145 Å². The summed E-state index contributed by atoms with van der Waals surface area (Å²) in [6.07, 6.45) is 3.96. The van der Waals surface area contributed by atoms with Crippen LogP contribution in [-0.4, -0.2) is 12.6 Å². The molecule has 1 aromatic carbocycles. The Morgan fingerprint density at radius 1 is 1.10 bits per heavy atom. The molecule has 2 unspecified atom stereocenters. The molecule has 4 heteroatoms. The summed E-state index contributed by atoms with van der Waals surface area (Å²) in [5.74, 6) is 2.45. The largest absolute Gasteiger partial charge is 0.488 e. The molecule has 0 radical (unpaired) electrons. The smallest absolute Gasteiger partial charge is 0.148 e. The van der Waals surface area contributed by atoms with Crippen molar-refractivity contribution in [3.05, 3.63) is 26.6 Å². The highest BCUT2D eigenvalue weighted by Gasteiger charge is 2.26. The second kappa shape index (κ2) is 7.98. The van der Waals surface area contributed by atoms with Crippen molar-refractivity contribution < 1.29 is 4.74 Å². The fourth-order valence-electron chi connectivity index (χ4n) is 3.23. The van der Waals surface area contributed by atoms with Crippen LogP contribution in [-0.2, 0) is 6.54 Å². The highest BCUT2D eigenvalue weighted by molar-refractivity contribution is 9.11. The van der Waals surface area contributed by atoms with Crippen molar-refractivity contribution in [2.45, 2.75) is 52.7 Å². The molecule has 1 aliphatic rings. The van der Waals surface area contributed by atoms with Gasteiger partial charge in [0.25, 0.3) is 0 Å². The second-order valence-electron chi connectivity index (χ2n) is 6.33. The van der Waals surface area contributed by atoms with E-state index in [1.807, 2.05) is 0 Å². The highest BCUT2D eigenvalue weighted by atomic mass is 79.9. The van der Waals surface area contributed by atoms with E-state index in [1.165, 1.54) is 12.0 Å². The van der Waals surface area contributed by atoms with Gasteiger partial charge in [-0.2, -0.15) is 0 Å². The van der Waals surface area contributed by atoms with Crippen LogP contribution < -0.4 is 10.1 Å². The average molecular weight is 419 g/mol. The van der Waals surface area contributed by atoms with E-state index in [2.05, 4.69) is 70.1 Å². The van der Waals surface area contributed by atoms with Gasteiger partial charge in [-0.05, 0) is 87.2 Å². The van der Waals surface area contributed by atoms with E-state index in [0.717, 1.165) is 52.5 Å². The maximum Gasteiger partial charge on any atom is 0.148 e. The van der Waals surface area contributed by atoms with Gasteiger partial charge in [0.2, 0.25) is 0 Å². The first kappa shape index (κ1) is 17.3. The summed E-state index contributed by atoms with van der Waals surface area (Å²) < 4.78 is 8.38. The van der Waals surface area contributed by atoms with Crippen LogP contribution in [0.2, 0.25) is 0 Å². The summed E-state index contributed by atoms with van der Waals surface area (Å²) in [7, 11) is 0. The molecule has 2 rings (SSSR count). The zero-order chi connectivity index (χ0) is 15.4. The third-order valence-electron chi connectivity index (χ3n) is 4.06. The molecule has 1 saturated carbocycles. The lowest BCUT2D eigenvalue weighted by Gasteiger charge is -2.32. The topological polar surface area (TPSA) is 21.3 Å². The minimum atomic E-state index is 0.330. The molecule has 2 atom stereocenters. The molecule has 0 amide bonds. The Kier molecular flexibility index (Phi) is 6.57. The van der Waals surface area contributed by atoms with E-state index in [0.29, 0.717) is 6.10 Å². The lowest BCUT2D eigenvalue weighted by atomic mass is 9.82. The molecular formula is C17H25Br2NO. The first-order valence-electron chi connectivity index (χ1n) is 7.84. The van der Waals surface area contributed by atoms with Crippen molar-refractivity contribution in [1.29, 1.82) is 0 Å². The fourth-order valence-corrected chi connectivity index (χ4v) is 4.70. The SMILES string of the molecule is CCNCc1cc(Br)c(OC2CC(C)CC(C)C2)c(Br)c1. The molecule has 1 N–H and O–H groups in total. The van der Waals surface area contributed by atoms with Crippen LogP contribution in [0.15, 0.2) is 21.1 Å². The Balaban J connectivity index is 2.09. The lowest BCUT2D eigenvalue weighted by Crippen LogP contribution is -2.28. The zero-order valence-corrected chi connectivity index (χ0v) is 16.3. The van der Waals surface area contributed by atoms with E-state index in [-0.39, 0.29) is 0 Å². The average Bonchev–Trinajstić information content (AvgIpc) is 2.39. The lowest BCUT2D eigenvalue weighted by molar-refractivity contribution is 0.0996. The number of hydrogen-bond acceptors (Lipinski definition) is 2. The van der Waals surface area contributed by atoms with Crippen LogP contribution in [0.1, 0.15) is 45.6 Å². The van der Waals surface area contributed by atoms with Gasteiger partial charge in [0, 0.05) is 6.54 Å². The summed E-state index contributed by atoms with van der Waals surface area (Å²) in [5, 5.41) is 3.35. The van der Waals surface area contributed by atoms with Gasteiger partial charge in [0.15, 0.2) is 0 Å². The minimum Gasteiger partial charge on any atom is -0.488 e. The predicted octanol–water partition coefficient (Wildman–Crippen LogP) is 5.52. The van der Waals surface area contributed by atoms with Gasteiger partial charge in [-0.15, -0.1) is 0 Å². The number of rotatable bonds is 5. The van der Waals surface area contributed by atoms with Crippen LogP contribution in [0.25, 0.3) is 0 Å². The van der Waals surface area contributed by atoms with Crippen LogP contribution in [0.3, 0.4) is 0 Å². The Hall–Kier alpha value is -0.0600. The summed E-state index contributed by atoms with van der Waals surface area (Å²) in [6, 6.07) is 4.30. The Morgan fingerprint density at radius 2 is 1.67 bits per heavy atom. The maximum atomic E-state index is 6.30. The number of ether oxygens (including phenoxy) is 1. The van der Waals surface area contributed by atoms with E-state index in [9.17, 15) is 0 Å². The third kappa shape index (κ3) is 4.97. The minimum absolute atomic E-state index is 0.330. The van der Waals surface area contributed by atoms with Gasteiger partial charge in [-0.1, -0.05) is 20.8 Å². The first-order chi connectivity index (χ1) is 9.99. The van der Waals surface area contributed by atoms with Crippen LogP contribution in [0.5, 0.6) is 5.75 Å². The molecule has 0 bridgehead atoms. The van der Waals surface area contributed by atoms with E-state index in [1.54, 1.807) is 0 Å². The maximum absolute atomic E-state index is 6.30. The molecule has 0 spiro atoms. The molecule has 21 heavy (non-hydrogen) atoms. The first-order valence-corrected chi connectivity index (χ1v) is 9.43. The number of benzene rings is 1. The molecule has 0 aliphatic heterocycles.